The molecule has 2 fully saturated rings. The number of nitrogens with zero attached hydrogens (tertiary/aromatic N) is 1. The zero-order chi connectivity index (χ0) is 17.8. The first-order valence-electron chi connectivity index (χ1n) is 9.18. The van der Waals surface area contributed by atoms with Gasteiger partial charge in [-0.2, -0.15) is 0 Å². The van der Waals surface area contributed by atoms with Gasteiger partial charge in [0.05, 0.1) is 6.42 Å². The smallest absolute Gasteiger partial charge is 0.305 e. The van der Waals surface area contributed by atoms with Crippen LogP contribution in [0.25, 0.3) is 0 Å². The third-order valence-electron chi connectivity index (χ3n) is 5.73. The maximum absolute atomic E-state index is 11.4. The van der Waals surface area contributed by atoms with Gasteiger partial charge >= 0.3 is 5.97 Å². The van der Waals surface area contributed by atoms with Gasteiger partial charge in [0.15, 0.2) is 0 Å². The third-order valence-corrected chi connectivity index (χ3v) is 5.73. The molecular formula is C19H28N4O2. The Hall–Kier alpha value is -2.08. The Labute approximate surface area is 148 Å². The number of rotatable bonds is 5. The molecule has 2 heterocycles. The molecule has 2 aliphatic heterocycles. The second kappa shape index (κ2) is 7.87. The first-order chi connectivity index (χ1) is 12.0. The Kier molecular flexibility index (Phi) is 5.58. The monoisotopic (exact) mass is 344 g/mol. The zero-order valence-corrected chi connectivity index (χ0v) is 14.6. The van der Waals surface area contributed by atoms with Crippen molar-refractivity contribution in [1.29, 1.82) is 5.41 Å². The molecule has 0 amide bonds. The summed E-state index contributed by atoms with van der Waals surface area (Å²) in [6.45, 7) is 3.06. The first kappa shape index (κ1) is 17.7. The van der Waals surface area contributed by atoms with Crippen molar-refractivity contribution in [3.05, 3.63) is 29.8 Å². The van der Waals surface area contributed by atoms with E-state index in [9.17, 15) is 9.90 Å². The lowest BCUT2D eigenvalue weighted by atomic mass is 9.76. The van der Waals surface area contributed by atoms with Gasteiger partial charge in [-0.25, -0.2) is 0 Å². The van der Waals surface area contributed by atoms with Crippen LogP contribution in [0.4, 0.5) is 5.69 Å². The van der Waals surface area contributed by atoms with Crippen LogP contribution >= 0.6 is 0 Å². The van der Waals surface area contributed by atoms with E-state index in [4.69, 9.17) is 11.1 Å². The molecule has 1 unspecified atom stereocenters. The van der Waals surface area contributed by atoms with Gasteiger partial charge in [-0.05, 0) is 74.9 Å². The number of hydrogen-bond donors (Lipinski definition) is 4. The summed E-state index contributed by atoms with van der Waals surface area (Å²) in [5.74, 6) is 0.665. The Bertz CT molecular complexity index is 610. The van der Waals surface area contributed by atoms with Crippen molar-refractivity contribution in [2.75, 3.05) is 24.5 Å². The average Bonchev–Trinajstić information content (AvgIpc) is 2.62. The van der Waals surface area contributed by atoms with Gasteiger partial charge in [0.1, 0.15) is 5.84 Å². The predicted molar refractivity (Wildman–Crippen MR) is 99.2 cm³/mol. The number of amidine groups is 1. The number of nitrogen functional groups attached to an aromatic ring is 1. The van der Waals surface area contributed by atoms with Crippen LogP contribution < -0.4 is 16.0 Å². The van der Waals surface area contributed by atoms with E-state index < -0.39 is 5.97 Å². The Morgan fingerprint density at radius 2 is 1.88 bits per heavy atom. The highest BCUT2D eigenvalue weighted by Gasteiger charge is 2.34. The molecule has 0 aliphatic carbocycles. The lowest BCUT2D eigenvalue weighted by Gasteiger charge is -2.44. The number of benzene rings is 1. The van der Waals surface area contributed by atoms with E-state index in [0.717, 1.165) is 44.1 Å². The van der Waals surface area contributed by atoms with Crippen molar-refractivity contribution in [3.63, 3.8) is 0 Å². The Morgan fingerprint density at radius 3 is 2.48 bits per heavy atom. The highest BCUT2D eigenvalue weighted by atomic mass is 16.4. The molecule has 3 rings (SSSR count). The third kappa shape index (κ3) is 4.31. The van der Waals surface area contributed by atoms with Gasteiger partial charge in [0, 0.05) is 23.8 Å². The summed E-state index contributed by atoms with van der Waals surface area (Å²) in [5.41, 5.74) is 7.25. The SMILES string of the molecule is N=C(N)c1ccc(N2CCC(C3CCNCC3)C[C@@H]2CC(=O)O)cc1. The molecule has 2 atom stereocenters. The molecule has 2 saturated heterocycles. The fourth-order valence-corrected chi connectivity index (χ4v) is 4.39. The minimum absolute atomic E-state index is 0.0364. The summed E-state index contributed by atoms with van der Waals surface area (Å²) >= 11 is 0. The van der Waals surface area contributed by atoms with Crippen LogP contribution in [-0.2, 0) is 4.79 Å². The van der Waals surface area contributed by atoms with E-state index in [1.807, 2.05) is 24.3 Å². The molecule has 0 aromatic heterocycles. The molecular weight excluding hydrogens is 316 g/mol. The zero-order valence-electron chi connectivity index (χ0n) is 14.6. The summed E-state index contributed by atoms with van der Waals surface area (Å²) in [6.07, 6.45) is 4.66. The van der Waals surface area contributed by atoms with Crippen LogP contribution in [0, 0.1) is 17.2 Å². The van der Waals surface area contributed by atoms with E-state index in [1.54, 1.807) is 0 Å². The predicted octanol–water partition coefficient (Wildman–Crippen LogP) is 2.03. The van der Waals surface area contributed by atoms with Crippen molar-refractivity contribution in [1.82, 2.24) is 5.32 Å². The quantitative estimate of drug-likeness (QED) is 0.483. The van der Waals surface area contributed by atoms with Crippen LogP contribution in [0.2, 0.25) is 0 Å². The normalized spacial score (nSPS) is 24.9. The van der Waals surface area contributed by atoms with E-state index in [0.29, 0.717) is 11.5 Å². The van der Waals surface area contributed by atoms with Crippen molar-refractivity contribution in [3.8, 4) is 0 Å². The molecule has 0 spiro atoms. The van der Waals surface area contributed by atoms with Crippen LogP contribution in [-0.4, -0.2) is 42.6 Å². The van der Waals surface area contributed by atoms with Gasteiger partial charge in [0.25, 0.3) is 0 Å². The number of carboxylic acid groups (broad SMARTS) is 1. The van der Waals surface area contributed by atoms with Crippen LogP contribution in [0.3, 0.4) is 0 Å². The molecule has 136 valence electrons. The summed E-state index contributed by atoms with van der Waals surface area (Å²) < 4.78 is 0. The molecule has 0 radical (unpaired) electrons. The van der Waals surface area contributed by atoms with Gasteiger partial charge in [-0.1, -0.05) is 0 Å². The summed E-state index contributed by atoms with van der Waals surface area (Å²) in [6, 6.07) is 7.63. The summed E-state index contributed by atoms with van der Waals surface area (Å²) in [5, 5.41) is 20.3. The highest BCUT2D eigenvalue weighted by Crippen LogP contribution is 2.36. The van der Waals surface area contributed by atoms with Crippen LogP contribution in [0.5, 0.6) is 0 Å². The Balaban J connectivity index is 1.74. The minimum atomic E-state index is -0.735. The second-order valence-corrected chi connectivity index (χ2v) is 7.28. The molecule has 0 bridgehead atoms. The van der Waals surface area contributed by atoms with E-state index in [2.05, 4.69) is 10.2 Å². The van der Waals surface area contributed by atoms with Crippen LogP contribution in [0.15, 0.2) is 24.3 Å². The second-order valence-electron chi connectivity index (χ2n) is 7.28. The number of nitrogens with one attached hydrogen (secondary N) is 2. The number of hydrogen-bond acceptors (Lipinski definition) is 4. The number of anilines is 1. The largest absolute Gasteiger partial charge is 0.481 e. The van der Waals surface area contributed by atoms with E-state index >= 15 is 0 Å². The number of nitrogens with two attached hydrogens (primary N) is 1. The van der Waals surface area contributed by atoms with Crippen LogP contribution in [0.1, 0.15) is 37.7 Å². The fraction of sp³-hybridized carbons (Fsp3) is 0.579. The highest BCUT2D eigenvalue weighted by molar-refractivity contribution is 5.95. The lowest BCUT2D eigenvalue weighted by Crippen LogP contribution is -2.46. The number of carboxylic acids is 1. The van der Waals surface area contributed by atoms with E-state index in [1.165, 1.54) is 12.8 Å². The van der Waals surface area contributed by atoms with Gasteiger partial charge < -0.3 is 21.1 Å². The fourth-order valence-electron chi connectivity index (χ4n) is 4.39. The summed E-state index contributed by atoms with van der Waals surface area (Å²) in [7, 11) is 0. The maximum atomic E-state index is 11.4. The van der Waals surface area contributed by atoms with Gasteiger partial charge in [-0.3, -0.25) is 10.2 Å². The van der Waals surface area contributed by atoms with Gasteiger partial charge in [-0.15, -0.1) is 0 Å². The lowest BCUT2D eigenvalue weighted by molar-refractivity contribution is -0.137. The molecule has 1 aromatic carbocycles. The average molecular weight is 344 g/mol. The number of carbonyl (C=O) groups is 1. The maximum Gasteiger partial charge on any atom is 0.305 e. The van der Waals surface area contributed by atoms with Crippen molar-refractivity contribution < 1.29 is 9.90 Å². The van der Waals surface area contributed by atoms with E-state index in [-0.39, 0.29) is 18.3 Å². The molecule has 6 nitrogen and oxygen atoms in total. The van der Waals surface area contributed by atoms with Crippen molar-refractivity contribution >= 4 is 17.5 Å². The minimum Gasteiger partial charge on any atom is -0.481 e. The summed E-state index contributed by atoms with van der Waals surface area (Å²) in [4.78, 5) is 13.6. The van der Waals surface area contributed by atoms with Crippen molar-refractivity contribution in [2.45, 2.75) is 38.1 Å². The molecule has 25 heavy (non-hydrogen) atoms. The molecule has 0 saturated carbocycles. The Morgan fingerprint density at radius 1 is 1.20 bits per heavy atom. The molecule has 1 aromatic rings. The first-order valence-corrected chi connectivity index (χ1v) is 9.18. The topological polar surface area (TPSA) is 102 Å². The standard InChI is InChI=1S/C19H28N4O2/c20-19(21)14-1-3-16(4-2-14)23-10-7-15(11-17(23)12-18(24)25)13-5-8-22-9-6-13/h1-4,13,15,17,22H,5-12H2,(H3,20,21)(H,24,25)/t15?,17-/m1/s1. The number of aliphatic carboxylic acids is 1. The van der Waals surface area contributed by atoms with Crippen molar-refractivity contribution in [2.24, 2.45) is 17.6 Å². The van der Waals surface area contributed by atoms with Gasteiger partial charge in [0.2, 0.25) is 0 Å². The molecule has 2 aliphatic rings. The number of piperidine rings is 2. The molecule has 6 heteroatoms. The molecule has 5 N–H and O–H groups in total.